The minimum absolute atomic E-state index is 0.150. The van der Waals surface area contributed by atoms with Crippen molar-refractivity contribution in [2.24, 2.45) is 0 Å². The predicted molar refractivity (Wildman–Crippen MR) is 70.8 cm³/mol. The Balaban J connectivity index is 2.34. The van der Waals surface area contributed by atoms with Gasteiger partial charge in [-0.2, -0.15) is 0 Å². The standard InChI is InChI=1S/C12H8Br2FNO/c1-7-4-9(14)6-16-12(7)17-11-5-8(13)2-3-10(11)15/h2-6H,1H3. The van der Waals surface area contributed by atoms with Crippen molar-refractivity contribution in [1.29, 1.82) is 0 Å². The topological polar surface area (TPSA) is 22.1 Å². The minimum Gasteiger partial charge on any atom is -0.436 e. The first kappa shape index (κ1) is 12.5. The molecule has 0 saturated carbocycles. The van der Waals surface area contributed by atoms with Gasteiger partial charge in [-0.15, -0.1) is 0 Å². The van der Waals surface area contributed by atoms with Gasteiger partial charge in [-0.3, -0.25) is 0 Å². The van der Waals surface area contributed by atoms with E-state index in [0.29, 0.717) is 5.88 Å². The van der Waals surface area contributed by atoms with Gasteiger partial charge in [0.25, 0.3) is 0 Å². The molecule has 0 saturated heterocycles. The van der Waals surface area contributed by atoms with E-state index in [0.717, 1.165) is 14.5 Å². The highest BCUT2D eigenvalue weighted by atomic mass is 79.9. The molecule has 0 unspecified atom stereocenters. The van der Waals surface area contributed by atoms with Crippen molar-refractivity contribution < 1.29 is 9.13 Å². The Labute approximate surface area is 115 Å². The van der Waals surface area contributed by atoms with Gasteiger partial charge in [0.2, 0.25) is 5.88 Å². The summed E-state index contributed by atoms with van der Waals surface area (Å²) in [6.07, 6.45) is 1.61. The third-order valence-electron chi connectivity index (χ3n) is 2.10. The lowest BCUT2D eigenvalue weighted by Crippen LogP contribution is -1.93. The Hall–Kier alpha value is -0.940. The zero-order valence-corrected chi connectivity index (χ0v) is 12.0. The third kappa shape index (κ3) is 3.04. The van der Waals surface area contributed by atoms with Gasteiger partial charge in [-0.05, 0) is 47.1 Å². The maximum absolute atomic E-state index is 13.5. The number of halogens is 3. The lowest BCUT2D eigenvalue weighted by atomic mass is 10.3. The summed E-state index contributed by atoms with van der Waals surface area (Å²) in [4.78, 5) is 4.09. The van der Waals surface area contributed by atoms with Crippen LogP contribution in [0.5, 0.6) is 11.6 Å². The fraction of sp³-hybridized carbons (Fsp3) is 0.0833. The van der Waals surface area contributed by atoms with Gasteiger partial charge in [0, 0.05) is 20.7 Å². The Morgan fingerprint density at radius 2 is 1.94 bits per heavy atom. The molecule has 0 fully saturated rings. The van der Waals surface area contributed by atoms with Crippen LogP contribution in [0.15, 0.2) is 39.4 Å². The second-order valence-electron chi connectivity index (χ2n) is 3.45. The van der Waals surface area contributed by atoms with Crippen molar-refractivity contribution in [3.63, 3.8) is 0 Å². The molecule has 0 aliphatic rings. The Morgan fingerprint density at radius 1 is 1.18 bits per heavy atom. The highest BCUT2D eigenvalue weighted by molar-refractivity contribution is 9.10. The largest absolute Gasteiger partial charge is 0.436 e. The van der Waals surface area contributed by atoms with Crippen LogP contribution in [-0.4, -0.2) is 4.98 Å². The number of aryl methyl sites for hydroxylation is 1. The van der Waals surface area contributed by atoms with Gasteiger partial charge in [-0.25, -0.2) is 9.37 Å². The molecule has 2 nitrogen and oxygen atoms in total. The number of nitrogens with zero attached hydrogens (tertiary/aromatic N) is 1. The maximum Gasteiger partial charge on any atom is 0.222 e. The highest BCUT2D eigenvalue weighted by Gasteiger charge is 2.08. The van der Waals surface area contributed by atoms with Crippen LogP contribution in [0.25, 0.3) is 0 Å². The lowest BCUT2D eigenvalue weighted by Gasteiger charge is -2.08. The molecule has 0 N–H and O–H groups in total. The fourth-order valence-corrected chi connectivity index (χ4v) is 2.08. The summed E-state index contributed by atoms with van der Waals surface area (Å²) in [5.41, 5.74) is 0.832. The van der Waals surface area contributed by atoms with Gasteiger partial charge < -0.3 is 4.74 Å². The summed E-state index contributed by atoms with van der Waals surface area (Å²) in [5, 5.41) is 0. The van der Waals surface area contributed by atoms with Crippen molar-refractivity contribution in [2.45, 2.75) is 6.92 Å². The second kappa shape index (κ2) is 5.14. The van der Waals surface area contributed by atoms with E-state index < -0.39 is 5.82 Å². The zero-order chi connectivity index (χ0) is 12.4. The number of rotatable bonds is 2. The molecule has 1 heterocycles. The molecule has 2 aromatic rings. The van der Waals surface area contributed by atoms with E-state index in [9.17, 15) is 4.39 Å². The van der Waals surface area contributed by atoms with Gasteiger partial charge >= 0.3 is 0 Å². The Morgan fingerprint density at radius 3 is 2.65 bits per heavy atom. The van der Waals surface area contributed by atoms with Gasteiger partial charge in [0.1, 0.15) is 0 Å². The highest BCUT2D eigenvalue weighted by Crippen LogP contribution is 2.29. The van der Waals surface area contributed by atoms with Crippen molar-refractivity contribution in [3.8, 4) is 11.6 Å². The average molecular weight is 361 g/mol. The van der Waals surface area contributed by atoms with Gasteiger partial charge in [-0.1, -0.05) is 15.9 Å². The molecule has 5 heteroatoms. The smallest absolute Gasteiger partial charge is 0.222 e. The number of pyridine rings is 1. The van der Waals surface area contributed by atoms with Crippen LogP contribution in [-0.2, 0) is 0 Å². The van der Waals surface area contributed by atoms with E-state index >= 15 is 0 Å². The van der Waals surface area contributed by atoms with Crippen molar-refractivity contribution in [1.82, 2.24) is 4.98 Å². The normalized spacial score (nSPS) is 10.4. The molecule has 0 amide bonds. The summed E-state index contributed by atoms with van der Waals surface area (Å²) in [5.74, 6) is 0.125. The Kier molecular flexibility index (Phi) is 3.79. The molecule has 88 valence electrons. The van der Waals surface area contributed by atoms with Crippen LogP contribution in [0.1, 0.15) is 5.56 Å². The molecule has 0 aliphatic heterocycles. The van der Waals surface area contributed by atoms with Crippen molar-refractivity contribution in [3.05, 3.63) is 50.8 Å². The molecule has 2 rings (SSSR count). The monoisotopic (exact) mass is 359 g/mol. The molecule has 1 aromatic heterocycles. The first-order chi connectivity index (χ1) is 8.06. The molecular formula is C12H8Br2FNO. The van der Waals surface area contributed by atoms with Crippen LogP contribution >= 0.6 is 31.9 Å². The minimum atomic E-state index is -0.419. The van der Waals surface area contributed by atoms with E-state index in [1.54, 1.807) is 18.3 Å². The number of benzene rings is 1. The predicted octanol–water partition coefficient (Wildman–Crippen LogP) is 4.85. The average Bonchev–Trinajstić information content (AvgIpc) is 2.27. The summed E-state index contributed by atoms with van der Waals surface area (Å²) in [6.45, 7) is 1.85. The van der Waals surface area contributed by atoms with Crippen LogP contribution in [0.2, 0.25) is 0 Å². The first-order valence-corrected chi connectivity index (χ1v) is 6.40. The molecule has 17 heavy (non-hydrogen) atoms. The van der Waals surface area contributed by atoms with E-state index in [1.165, 1.54) is 6.07 Å². The SMILES string of the molecule is Cc1cc(Br)cnc1Oc1cc(Br)ccc1F. The van der Waals surface area contributed by atoms with Gasteiger partial charge in [0.05, 0.1) is 0 Å². The molecule has 1 aromatic carbocycles. The van der Waals surface area contributed by atoms with Crippen molar-refractivity contribution >= 4 is 31.9 Å². The molecular weight excluding hydrogens is 353 g/mol. The second-order valence-corrected chi connectivity index (χ2v) is 5.28. The van der Waals surface area contributed by atoms with Crippen LogP contribution in [0, 0.1) is 12.7 Å². The molecule has 0 spiro atoms. The summed E-state index contributed by atoms with van der Waals surface area (Å²) < 4.78 is 20.5. The number of hydrogen-bond donors (Lipinski definition) is 0. The molecule has 0 bridgehead atoms. The van der Waals surface area contributed by atoms with Gasteiger partial charge in [0.15, 0.2) is 11.6 Å². The summed E-state index contributed by atoms with van der Waals surface area (Å²) in [6, 6.07) is 6.38. The molecule has 0 aliphatic carbocycles. The van der Waals surface area contributed by atoms with E-state index in [1.807, 2.05) is 13.0 Å². The van der Waals surface area contributed by atoms with E-state index in [-0.39, 0.29) is 5.75 Å². The summed E-state index contributed by atoms with van der Waals surface area (Å²) >= 11 is 6.57. The van der Waals surface area contributed by atoms with Crippen LogP contribution in [0.4, 0.5) is 4.39 Å². The number of hydrogen-bond acceptors (Lipinski definition) is 2. The van der Waals surface area contributed by atoms with Crippen LogP contribution in [0.3, 0.4) is 0 Å². The zero-order valence-electron chi connectivity index (χ0n) is 8.88. The fourth-order valence-electron chi connectivity index (χ4n) is 1.29. The lowest BCUT2D eigenvalue weighted by molar-refractivity contribution is 0.424. The molecule has 0 atom stereocenters. The number of aromatic nitrogens is 1. The quantitative estimate of drug-likeness (QED) is 0.763. The third-order valence-corrected chi connectivity index (χ3v) is 3.02. The summed E-state index contributed by atoms with van der Waals surface area (Å²) in [7, 11) is 0. The number of ether oxygens (including phenoxy) is 1. The van der Waals surface area contributed by atoms with E-state index in [4.69, 9.17) is 4.74 Å². The Bertz CT molecular complexity index is 560. The van der Waals surface area contributed by atoms with Crippen LogP contribution < -0.4 is 4.74 Å². The van der Waals surface area contributed by atoms with Crippen molar-refractivity contribution in [2.75, 3.05) is 0 Å². The molecule has 0 radical (unpaired) electrons. The first-order valence-electron chi connectivity index (χ1n) is 4.81. The van der Waals surface area contributed by atoms with E-state index in [2.05, 4.69) is 36.8 Å². The maximum atomic E-state index is 13.5.